The van der Waals surface area contributed by atoms with Gasteiger partial charge in [0.05, 0.1) is 7.11 Å². The number of hydrogen-bond donors (Lipinski definition) is 0. The predicted octanol–water partition coefficient (Wildman–Crippen LogP) is 3.88. The van der Waals surface area contributed by atoms with Gasteiger partial charge in [0.15, 0.2) is 11.5 Å². The second kappa shape index (κ2) is 7.29. The summed E-state index contributed by atoms with van der Waals surface area (Å²) < 4.78 is 11.2. The fourth-order valence-corrected chi connectivity index (χ4v) is 1.97. The van der Waals surface area contributed by atoms with Crippen LogP contribution in [0.15, 0.2) is 54.6 Å². The molecule has 0 amide bonds. The smallest absolute Gasteiger partial charge is 0.162 e. The van der Waals surface area contributed by atoms with Gasteiger partial charge in [-0.3, -0.25) is 4.79 Å². The van der Waals surface area contributed by atoms with Gasteiger partial charge < -0.3 is 9.47 Å². The van der Waals surface area contributed by atoms with Crippen LogP contribution in [0, 0.1) is 0 Å². The highest BCUT2D eigenvalue weighted by Gasteiger charge is 2.07. The van der Waals surface area contributed by atoms with Crippen LogP contribution in [0.1, 0.15) is 18.1 Å². The molecule has 0 aliphatic carbocycles. The SMILES string of the molecule is COc1ccc(/C(C)=C\C=O)cc1OCc1ccccc1. The van der Waals surface area contributed by atoms with E-state index in [9.17, 15) is 4.79 Å². The molecule has 0 radical (unpaired) electrons. The Morgan fingerprint density at radius 1 is 1.10 bits per heavy atom. The van der Waals surface area contributed by atoms with E-state index in [0.29, 0.717) is 18.1 Å². The summed E-state index contributed by atoms with van der Waals surface area (Å²) in [5.74, 6) is 1.34. The molecule has 0 spiro atoms. The molecule has 2 rings (SSSR count). The molecule has 2 aromatic carbocycles. The van der Waals surface area contributed by atoms with Gasteiger partial charge in [0.1, 0.15) is 12.9 Å². The molecule has 108 valence electrons. The quantitative estimate of drug-likeness (QED) is 0.596. The summed E-state index contributed by atoms with van der Waals surface area (Å²) in [5, 5.41) is 0. The monoisotopic (exact) mass is 282 g/mol. The number of methoxy groups -OCH3 is 1. The first-order valence-electron chi connectivity index (χ1n) is 6.72. The van der Waals surface area contributed by atoms with Crippen molar-refractivity contribution in [3.63, 3.8) is 0 Å². The molecule has 21 heavy (non-hydrogen) atoms. The van der Waals surface area contributed by atoms with E-state index in [2.05, 4.69) is 0 Å². The van der Waals surface area contributed by atoms with Gasteiger partial charge in [0.2, 0.25) is 0 Å². The first-order valence-corrected chi connectivity index (χ1v) is 6.72. The molecular weight excluding hydrogens is 264 g/mol. The van der Waals surface area contributed by atoms with Crippen molar-refractivity contribution in [1.82, 2.24) is 0 Å². The van der Waals surface area contributed by atoms with Crippen LogP contribution in [0.5, 0.6) is 11.5 Å². The fraction of sp³-hybridized carbons (Fsp3) is 0.167. The van der Waals surface area contributed by atoms with Crippen LogP contribution in [0.3, 0.4) is 0 Å². The number of hydrogen-bond acceptors (Lipinski definition) is 3. The summed E-state index contributed by atoms with van der Waals surface area (Å²) >= 11 is 0. The number of carbonyl (C=O) groups is 1. The van der Waals surface area contributed by atoms with Crippen molar-refractivity contribution in [2.75, 3.05) is 7.11 Å². The van der Waals surface area contributed by atoms with Crippen molar-refractivity contribution in [2.24, 2.45) is 0 Å². The first kappa shape index (κ1) is 14.9. The second-order valence-corrected chi connectivity index (χ2v) is 4.63. The maximum Gasteiger partial charge on any atom is 0.162 e. The Balaban J connectivity index is 2.22. The van der Waals surface area contributed by atoms with Crippen LogP contribution in [-0.4, -0.2) is 13.4 Å². The van der Waals surface area contributed by atoms with Gasteiger partial charge in [-0.25, -0.2) is 0 Å². The normalized spacial score (nSPS) is 11.0. The molecular formula is C18H18O3. The lowest BCUT2D eigenvalue weighted by Gasteiger charge is -2.12. The average Bonchev–Trinajstić information content (AvgIpc) is 2.54. The maximum absolute atomic E-state index is 10.6. The highest BCUT2D eigenvalue weighted by Crippen LogP contribution is 2.31. The number of rotatable bonds is 6. The van der Waals surface area contributed by atoms with Gasteiger partial charge in [-0.2, -0.15) is 0 Å². The van der Waals surface area contributed by atoms with E-state index in [1.165, 1.54) is 6.08 Å². The van der Waals surface area contributed by atoms with Crippen molar-refractivity contribution in [3.05, 3.63) is 65.7 Å². The largest absolute Gasteiger partial charge is 0.493 e. The fourth-order valence-electron chi connectivity index (χ4n) is 1.97. The van der Waals surface area contributed by atoms with Crippen molar-refractivity contribution in [3.8, 4) is 11.5 Å². The van der Waals surface area contributed by atoms with Crippen molar-refractivity contribution in [1.29, 1.82) is 0 Å². The van der Waals surface area contributed by atoms with Crippen molar-refractivity contribution in [2.45, 2.75) is 13.5 Å². The van der Waals surface area contributed by atoms with E-state index >= 15 is 0 Å². The summed E-state index contributed by atoms with van der Waals surface area (Å²) in [4.78, 5) is 10.6. The number of allylic oxidation sites excluding steroid dienone is 2. The Kier molecular flexibility index (Phi) is 5.16. The molecule has 0 aliphatic heterocycles. The standard InChI is InChI=1S/C18H18O3/c1-14(10-11-19)16-8-9-17(20-2)18(12-16)21-13-15-6-4-3-5-7-15/h3-12H,13H2,1-2H3/b14-10-. The Labute approximate surface area is 124 Å². The first-order chi connectivity index (χ1) is 10.2. The van der Waals surface area contributed by atoms with E-state index < -0.39 is 0 Å². The Bertz CT molecular complexity index is 630. The molecule has 0 atom stereocenters. The van der Waals surface area contributed by atoms with Gasteiger partial charge in [0, 0.05) is 0 Å². The van der Waals surface area contributed by atoms with Crippen molar-refractivity contribution >= 4 is 11.9 Å². The molecule has 0 heterocycles. The zero-order chi connectivity index (χ0) is 15.1. The number of ether oxygens (including phenoxy) is 2. The summed E-state index contributed by atoms with van der Waals surface area (Å²) in [6, 6.07) is 15.6. The minimum absolute atomic E-state index is 0.469. The Hall–Kier alpha value is -2.55. The Morgan fingerprint density at radius 3 is 2.52 bits per heavy atom. The number of aldehydes is 1. The third kappa shape index (κ3) is 3.96. The average molecular weight is 282 g/mol. The minimum Gasteiger partial charge on any atom is -0.493 e. The van der Waals surface area contributed by atoms with Crippen LogP contribution in [-0.2, 0) is 11.4 Å². The van der Waals surface area contributed by atoms with E-state index in [-0.39, 0.29) is 0 Å². The third-order valence-corrected chi connectivity index (χ3v) is 3.17. The lowest BCUT2D eigenvalue weighted by atomic mass is 10.1. The van der Waals surface area contributed by atoms with Crippen LogP contribution in [0.4, 0.5) is 0 Å². The van der Waals surface area contributed by atoms with Gasteiger partial charge in [-0.15, -0.1) is 0 Å². The van der Waals surface area contributed by atoms with Crippen LogP contribution in [0.2, 0.25) is 0 Å². The van der Waals surface area contributed by atoms with E-state index in [1.807, 2.05) is 55.5 Å². The highest BCUT2D eigenvalue weighted by atomic mass is 16.5. The number of carbonyl (C=O) groups excluding carboxylic acids is 1. The van der Waals surface area contributed by atoms with Gasteiger partial charge in [-0.05, 0) is 41.8 Å². The molecule has 0 fully saturated rings. The zero-order valence-corrected chi connectivity index (χ0v) is 12.2. The summed E-state index contributed by atoms with van der Waals surface area (Å²) in [6.07, 6.45) is 2.31. The molecule has 0 aromatic heterocycles. The molecule has 2 aromatic rings. The van der Waals surface area contributed by atoms with E-state index in [4.69, 9.17) is 9.47 Å². The summed E-state index contributed by atoms with van der Waals surface area (Å²) in [5.41, 5.74) is 2.91. The molecule has 0 saturated carbocycles. The van der Waals surface area contributed by atoms with Crippen LogP contribution in [0.25, 0.3) is 5.57 Å². The maximum atomic E-state index is 10.6. The Morgan fingerprint density at radius 2 is 1.86 bits per heavy atom. The molecule has 0 bridgehead atoms. The topological polar surface area (TPSA) is 35.5 Å². The van der Waals surface area contributed by atoms with Gasteiger partial charge >= 0.3 is 0 Å². The van der Waals surface area contributed by atoms with Gasteiger partial charge in [0.25, 0.3) is 0 Å². The van der Waals surface area contributed by atoms with E-state index in [0.717, 1.165) is 23.0 Å². The molecule has 3 heteroatoms. The summed E-state index contributed by atoms with van der Waals surface area (Å²) in [6.45, 7) is 2.36. The van der Waals surface area contributed by atoms with Crippen LogP contribution < -0.4 is 9.47 Å². The lowest BCUT2D eigenvalue weighted by Crippen LogP contribution is -1.98. The molecule has 0 N–H and O–H groups in total. The minimum atomic E-state index is 0.469. The molecule has 3 nitrogen and oxygen atoms in total. The lowest BCUT2D eigenvalue weighted by molar-refractivity contribution is -0.104. The second-order valence-electron chi connectivity index (χ2n) is 4.63. The van der Waals surface area contributed by atoms with E-state index in [1.54, 1.807) is 7.11 Å². The molecule has 0 unspecified atom stereocenters. The zero-order valence-electron chi connectivity index (χ0n) is 12.2. The third-order valence-electron chi connectivity index (χ3n) is 3.17. The molecule has 0 saturated heterocycles. The highest BCUT2D eigenvalue weighted by molar-refractivity contribution is 5.81. The molecule has 0 aliphatic rings. The van der Waals surface area contributed by atoms with Gasteiger partial charge in [-0.1, -0.05) is 36.4 Å². The predicted molar refractivity (Wildman–Crippen MR) is 83.5 cm³/mol. The number of benzene rings is 2. The summed E-state index contributed by atoms with van der Waals surface area (Å²) in [7, 11) is 1.61. The van der Waals surface area contributed by atoms with Crippen LogP contribution >= 0.6 is 0 Å². The van der Waals surface area contributed by atoms with Crippen molar-refractivity contribution < 1.29 is 14.3 Å².